The third kappa shape index (κ3) is 1.79. The summed E-state index contributed by atoms with van der Waals surface area (Å²) in [6, 6.07) is 5.47. The molecule has 16 heavy (non-hydrogen) atoms. The molecule has 1 atom stereocenters. The van der Waals surface area contributed by atoms with E-state index < -0.39 is 0 Å². The molecular weight excluding hydrogens is 319 g/mol. The molecule has 1 aromatic rings. The number of halogens is 1. The SMILES string of the molecule is COC(=O)c1ccc2c(c1)C(C)(CI)CO2. The van der Waals surface area contributed by atoms with Crippen molar-refractivity contribution in [3.05, 3.63) is 29.3 Å². The van der Waals surface area contributed by atoms with Crippen LogP contribution in [0.15, 0.2) is 18.2 Å². The van der Waals surface area contributed by atoms with Gasteiger partial charge in [0.2, 0.25) is 0 Å². The number of carbonyl (C=O) groups excluding carboxylic acids is 1. The molecule has 0 N–H and O–H groups in total. The van der Waals surface area contributed by atoms with Gasteiger partial charge in [-0.25, -0.2) is 4.79 Å². The minimum Gasteiger partial charge on any atom is -0.492 e. The molecule has 4 heteroatoms. The molecule has 86 valence electrons. The van der Waals surface area contributed by atoms with E-state index in [-0.39, 0.29) is 11.4 Å². The van der Waals surface area contributed by atoms with Crippen LogP contribution in [0.4, 0.5) is 0 Å². The molecule has 0 spiro atoms. The van der Waals surface area contributed by atoms with Crippen molar-refractivity contribution in [2.24, 2.45) is 0 Å². The van der Waals surface area contributed by atoms with Gasteiger partial charge in [-0.3, -0.25) is 0 Å². The van der Waals surface area contributed by atoms with Gasteiger partial charge in [0.15, 0.2) is 0 Å². The number of carbonyl (C=O) groups is 1. The van der Waals surface area contributed by atoms with Crippen molar-refractivity contribution in [2.75, 3.05) is 18.1 Å². The predicted molar refractivity (Wildman–Crippen MR) is 69.5 cm³/mol. The highest BCUT2D eigenvalue weighted by Crippen LogP contribution is 2.40. The Labute approximate surface area is 108 Å². The summed E-state index contributed by atoms with van der Waals surface area (Å²) in [7, 11) is 1.39. The zero-order valence-electron chi connectivity index (χ0n) is 9.25. The molecule has 1 unspecified atom stereocenters. The normalized spacial score (nSPS) is 22.4. The second-order valence-corrected chi connectivity index (χ2v) is 4.95. The van der Waals surface area contributed by atoms with E-state index in [1.165, 1.54) is 7.11 Å². The van der Waals surface area contributed by atoms with E-state index in [1.54, 1.807) is 6.07 Å². The topological polar surface area (TPSA) is 35.5 Å². The zero-order valence-corrected chi connectivity index (χ0v) is 11.4. The zero-order chi connectivity index (χ0) is 11.8. The number of ether oxygens (including phenoxy) is 2. The van der Waals surface area contributed by atoms with Gasteiger partial charge >= 0.3 is 5.97 Å². The van der Waals surface area contributed by atoms with Crippen LogP contribution < -0.4 is 4.74 Å². The number of hydrogen-bond donors (Lipinski definition) is 0. The maximum atomic E-state index is 11.4. The molecular formula is C12H13IO3. The smallest absolute Gasteiger partial charge is 0.337 e. The maximum absolute atomic E-state index is 11.4. The summed E-state index contributed by atoms with van der Waals surface area (Å²) in [4.78, 5) is 11.4. The molecule has 0 saturated heterocycles. The van der Waals surface area contributed by atoms with Crippen LogP contribution in [0, 0.1) is 0 Å². The van der Waals surface area contributed by atoms with Crippen LogP contribution in [0.5, 0.6) is 5.75 Å². The lowest BCUT2D eigenvalue weighted by Gasteiger charge is -2.19. The Morgan fingerprint density at radius 3 is 3.00 bits per heavy atom. The van der Waals surface area contributed by atoms with Gasteiger partial charge in [0.1, 0.15) is 5.75 Å². The minimum absolute atomic E-state index is 0.0000746. The number of esters is 1. The monoisotopic (exact) mass is 332 g/mol. The van der Waals surface area contributed by atoms with Crippen molar-refractivity contribution < 1.29 is 14.3 Å². The molecule has 0 bridgehead atoms. The molecule has 2 rings (SSSR count). The predicted octanol–water partition coefficient (Wildman–Crippen LogP) is 2.56. The standard InChI is InChI=1S/C12H13IO3/c1-12(6-13)7-16-10-4-3-8(5-9(10)12)11(14)15-2/h3-5H,6-7H2,1-2H3. The van der Waals surface area contributed by atoms with E-state index in [2.05, 4.69) is 29.5 Å². The first-order valence-corrected chi connectivity index (χ1v) is 6.55. The molecule has 0 radical (unpaired) electrons. The molecule has 1 aliphatic rings. The first-order valence-electron chi connectivity index (χ1n) is 5.02. The highest BCUT2D eigenvalue weighted by molar-refractivity contribution is 14.1. The Bertz CT molecular complexity index is 430. The van der Waals surface area contributed by atoms with Crippen LogP contribution in [0.2, 0.25) is 0 Å². The van der Waals surface area contributed by atoms with Crippen LogP contribution in [-0.4, -0.2) is 24.1 Å². The average molecular weight is 332 g/mol. The minimum atomic E-state index is -0.300. The Morgan fingerprint density at radius 2 is 2.38 bits per heavy atom. The first-order chi connectivity index (χ1) is 7.60. The largest absolute Gasteiger partial charge is 0.492 e. The summed E-state index contributed by atoms with van der Waals surface area (Å²) in [5, 5.41) is 0. The summed E-state index contributed by atoms with van der Waals surface area (Å²) in [5.41, 5.74) is 1.69. The fraction of sp³-hybridized carbons (Fsp3) is 0.417. The van der Waals surface area contributed by atoms with Gasteiger partial charge in [0.05, 0.1) is 19.3 Å². The first kappa shape index (κ1) is 11.7. The van der Waals surface area contributed by atoms with Crippen LogP contribution in [0.3, 0.4) is 0 Å². The second-order valence-electron chi connectivity index (χ2n) is 4.19. The van der Waals surface area contributed by atoms with E-state index in [9.17, 15) is 4.79 Å². The molecule has 0 aromatic heterocycles. The second kappa shape index (κ2) is 4.24. The van der Waals surface area contributed by atoms with Gasteiger partial charge in [-0.2, -0.15) is 0 Å². The number of alkyl halides is 1. The van der Waals surface area contributed by atoms with Gasteiger partial charge < -0.3 is 9.47 Å². The van der Waals surface area contributed by atoms with Crippen LogP contribution >= 0.6 is 22.6 Å². The van der Waals surface area contributed by atoms with Crippen molar-refractivity contribution in [2.45, 2.75) is 12.3 Å². The maximum Gasteiger partial charge on any atom is 0.337 e. The number of rotatable bonds is 2. The molecule has 0 amide bonds. The van der Waals surface area contributed by atoms with E-state index in [1.807, 2.05) is 12.1 Å². The summed E-state index contributed by atoms with van der Waals surface area (Å²) in [6.07, 6.45) is 0. The Morgan fingerprint density at radius 1 is 1.62 bits per heavy atom. The lowest BCUT2D eigenvalue weighted by atomic mass is 9.86. The molecule has 1 heterocycles. The van der Waals surface area contributed by atoms with E-state index in [0.717, 1.165) is 15.7 Å². The lowest BCUT2D eigenvalue weighted by molar-refractivity contribution is 0.0600. The number of methoxy groups -OCH3 is 1. The molecule has 0 aliphatic carbocycles. The summed E-state index contributed by atoms with van der Waals surface area (Å²) in [5.74, 6) is 0.581. The van der Waals surface area contributed by atoms with Crippen LogP contribution in [-0.2, 0) is 10.2 Å². The molecule has 0 saturated carbocycles. The van der Waals surface area contributed by atoms with Gasteiger partial charge in [0.25, 0.3) is 0 Å². The van der Waals surface area contributed by atoms with Crippen molar-refractivity contribution in [3.8, 4) is 5.75 Å². The Hall–Kier alpha value is -0.780. The molecule has 1 aromatic carbocycles. The van der Waals surface area contributed by atoms with Crippen molar-refractivity contribution in [3.63, 3.8) is 0 Å². The van der Waals surface area contributed by atoms with Gasteiger partial charge in [0, 0.05) is 15.4 Å². The molecule has 3 nitrogen and oxygen atoms in total. The number of hydrogen-bond acceptors (Lipinski definition) is 3. The lowest BCUT2D eigenvalue weighted by Crippen LogP contribution is -2.25. The van der Waals surface area contributed by atoms with Crippen LogP contribution in [0.25, 0.3) is 0 Å². The third-order valence-electron chi connectivity index (χ3n) is 2.89. The summed E-state index contributed by atoms with van der Waals surface area (Å²) >= 11 is 2.35. The highest BCUT2D eigenvalue weighted by Gasteiger charge is 2.35. The molecule has 1 aliphatic heterocycles. The fourth-order valence-corrected chi connectivity index (χ4v) is 2.43. The Kier molecular flexibility index (Phi) is 3.10. The van der Waals surface area contributed by atoms with E-state index in [0.29, 0.717) is 12.2 Å². The van der Waals surface area contributed by atoms with Gasteiger partial charge in [-0.15, -0.1) is 0 Å². The van der Waals surface area contributed by atoms with Crippen molar-refractivity contribution in [1.29, 1.82) is 0 Å². The van der Waals surface area contributed by atoms with Crippen molar-refractivity contribution >= 4 is 28.6 Å². The summed E-state index contributed by atoms with van der Waals surface area (Å²) in [6.45, 7) is 2.82. The average Bonchev–Trinajstić information content (AvgIpc) is 2.66. The van der Waals surface area contributed by atoms with Gasteiger partial charge in [-0.05, 0) is 18.2 Å². The Balaban J connectivity index is 2.45. The van der Waals surface area contributed by atoms with Crippen LogP contribution in [0.1, 0.15) is 22.8 Å². The van der Waals surface area contributed by atoms with E-state index in [4.69, 9.17) is 9.47 Å². The molecule has 0 fully saturated rings. The fourth-order valence-electron chi connectivity index (χ4n) is 1.80. The summed E-state index contributed by atoms with van der Waals surface area (Å²) < 4.78 is 11.3. The number of fused-ring (bicyclic) bond motifs is 1. The highest BCUT2D eigenvalue weighted by atomic mass is 127. The quantitative estimate of drug-likeness (QED) is 0.474. The van der Waals surface area contributed by atoms with Crippen molar-refractivity contribution in [1.82, 2.24) is 0 Å². The van der Waals surface area contributed by atoms with E-state index >= 15 is 0 Å². The number of benzene rings is 1. The van der Waals surface area contributed by atoms with Gasteiger partial charge in [-0.1, -0.05) is 29.5 Å². The third-order valence-corrected chi connectivity index (χ3v) is 4.58.